The number of hydrogen-bond acceptors (Lipinski definition) is 3. The maximum Gasteiger partial charge on any atom is 0.319 e. The highest BCUT2D eigenvalue weighted by atomic mass is 16.5. The molecule has 2 N–H and O–H groups in total. The monoisotopic (exact) mass is 317 g/mol. The van der Waals surface area contributed by atoms with Gasteiger partial charge in [-0.15, -0.1) is 0 Å². The highest BCUT2D eigenvalue weighted by Gasteiger charge is 2.22. The van der Waals surface area contributed by atoms with E-state index in [0.717, 1.165) is 36.5 Å². The molecule has 1 aliphatic rings. The molecule has 0 bridgehead atoms. The third kappa shape index (κ3) is 5.69. The molecule has 1 saturated heterocycles. The summed E-state index contributed by atoms with van der Waals surface area (Å²) in [6.45, 7) is 12.9. The van der Waals surface area contributed by atoms with Gasteiger partial charge in [0, 0.05) is 31.9 Å². The molecule has 0 aromatic heterocycles. The lowest BCUT2D eigenvalue weighted by molar-refractivity contribution is -0.0704. The molecule has 0 saturated carbocycles. The molecule has 5 heteroatoms. The average molecular weight is 317 g/mol. The van der Waals surface area contributed by atoms with Crippen molar-refractivity contribution in [2.75, 3.05) is 25.0 Å². The van der Waals surface area contributed by atoms with Gasteiger partial charge in [-0.3, -0.25) is 4.90 Å². The van der Waals surface area contributed by atoms with E-state index in [-0.39, 0.29) is 18.2 Å². The Bertz CT molecular complexity index is 549. The van der Waals surface area contributed by atoms with Crippen molar-refractivity contribution in [1.29, 1.82) is 0 Å². The van der Waals surface area contributed by atoms with Crippen LogP contribution in [0.3, 0.4) is 0 Å². The number of benzene rings is 1. The molecule has 0 aliphatic carbocycles. The number of para-hydroxylation sites is 1. The van der Waals surface area contributed by atoms with Crippen molar-refractivity contribution < 1.29 is 9.53 Å². The molecule has 2 atom stereocenters. The number of carbonyl (C=O) groups is 1. The maximum absolute atomic E-state index is 12.0. The normalized spacial score (nSPS) is 21.7. The second-order valence-corrected chi connectivity index (χ2v) is 6.37. The maximum atomic E-state index is 12.0. The molecule has 1 heterocycles. The van der Waals surface area contributed by atoms with Gasteiger partial charge in [-0.05, 0) is 32.4 Å². The standard InChI is InChI=1S/C18H27N3O2/c1-13(2)9-19-18(22)20-17-8-6-5-7-16(17)12-21-10-14(3)23-15(4)11-21/h5-8,14-15H,1,9-12H2,2-4H3,(H2,19,20,22). The minimum atomic E-state index is -0.204. The van der Waals surface area contributed by atoms with E-state index in [9.17, 15) is 4.79 Å². The Balaban J connectivity index is 1.99. The van der Waals surface area contributed by atoms with E-state index in [2.05, 4.69) is 42.0 Å². The van der Waals surface area contributed by atoms with Gasteiger partial charge in [0.25, 0.3) is 0 Å². The zero-order chi connectivity index (χ0) is 16.8. The van der Waals surface area contributed by atoms with Gasteiger partial charge >= 0.3 is 6.03 Å². The number of nitrogens with zero attached hydrogens (tertiary/aromatic N) is 1. The molecule has 23 heavy (non-hydrogen) atoms. The van der Waals surface area contributed by atoms with Gasteiger partial charge < -0.3 is 15.4 Å². The number of rotatable bonds is 5. The Kier molecular flexibility index (Phi) is 6.19. The van der Waals surface area contributed by atoms with Gasteiger partial charge in [0.2, 0.25) is 0 Å². The molecule has 2 amide bonds. The third-order valence-corrected chi connectivity index (χ3v) is 3.71. The number of anilines is 1. The van der Waals surface area contributed by atoms with E-state index in [1.165, 1.54) is 0 Å². The van der Waals surface area contributed by atoms with Crippen molar-refractivity contribution >= 4 is 11.7 Å². The van der Waals surface area contributed by atoms with Crippen LogP contribution in [-0.4, -0.2) is 42.8 Å². The number of carbonyl (C=O) groups excluding carboxylic acids is 1. The summed E-state index contributed by atoms with van der Waals surface area (Å²) in [7, 11) is 0. The number of hydrogen-bond donors (Lipinski definition) is 2. The molecule has 126 valence electrons. The van der Waals surface area contributed by atoms with E-state index >= 15 is 0 Å². The summed E-state index contributed by atoms with van der Waals surface area (Å²) < 4.78 is 5.77. The first-order valence-corrected chi connectivity index (χ1v) is 8.09. The molecule has 5 nitrogen and oxygen atoms in total. The molecule has 2 rings (SSSR count). The summed E-state index contributed by atoms with van der Waals surface area (Å²) >= 11 is 0. The van der Waals surface area contributed by atoms with Crippen molar-refractivity contribution in [2.24, 2.45) is 0 Å². The summed E-state index contributed by atoms with van der Waals surface area (Å²) in [5, 5.41) is 5.72. The van der Waals surface area contributed by atoms with Gasteiger partial charge in [-0.1, -0.05) is 30.4 Å². The summed E-state index contributed by atoms with van der Waals surface area (Å²) in [6, 6.07) is 7.72. The fourth-order valence-electron chi connectivity index (χ4n) is 2.83. The third-order valence-electron chi connectivity index (χ3n) is 3.71. The predicted octanol–water partition coefficient (Wildman–Crippen LogP) is 2.99. The lowest BCUT2D eigenvalue weighted by Crippen LogP contribution is -2.45. The fraction of sp³-hybridized carbons (Fsp3) is 0.500. The van der Waals surface area contributed by atoms with Gasteiger partial charge in [-0.2, -0.15) is 0 Å². The van der Waals surface area contributed by atoms with Crippen molar-refractivity contribution in [3.05, 3.63) is 42.0 Å². The molecule has 0 spiro atoms. The number of ether oxygens (including phenoxy) is 1. The smallest absolute Gasteiger partial charge is 0.319 e. The summed E-state index contributed by atoms with van der Waals surface area (Å²) in [6.07, 6.45) is 0.468. The van der Waals surface area contributed by atoms with Gasteiger partial charge in [0.1, 0.15) is 0 Å². The predicted molar refractivity (Wildman–Crippen MR) is 93.6 cm³/mol. The van der Waals surface area contributed by atoms with E-state index in [0.29, 0.717) is 6.54 Å². The molecule has 1 aliphatic heterocycles. The topological polar surface area (TPSA) is 53.6 Å². The Morgan fingerprint density at radius 1 is 1.30 bits per heavy atom. The lowest BCUT2D eigenvalue weighted by atomic mass is 10.1. The number of nitrogens with one attached hydrogen (secondary N) is 2. The average Bonchev–Trinajstić information content (AvgIpc) is 2.46. The zero-order valence-corrected chi connectivity index (χ0v) is 14.3. The zero-order valence-electron chi connectivity index (χ0n) is 14.3. The molecule has 2 unspecified atom stereocenters. The van der Waals surface area contributed by atoms with Crippen LogP contribution in [0.5, 0.6) is 0 Å². The van der Waals surface area contributed by atoms with Gasteiger partial charge in [0.05, 0.1) is 12.2 Å². The molecule has 1 aromatic carbocycles. The van der Waals surface area contributed by atoms with Crippen molar-refractivity contribution in [3.63, 3.8) is 0 Å². The quantitative estimate of drug-likeness (QED) is 0.821. The highest BCUT2D eigenvalue weighted by Crippen LogP contribution is 2.20. The van der Waals surface area contributed by atoms with Crippen LogP contribution in [0.2, 0.25) is 0 Å². The Morgan fingerprint density at radius 2 is 1.96 bits per heavy atom. The van der Waals surface area contributed by atoms with Crippen molar-refractivity contribution in [2.45, 2.75) is 39.5 Å². The van der Waals surface area contributed by atoms with Gasteiger partial charge in [0.15, 0.2) is 0 Å². The first-order chi connectivity index (χ1) is 10.9. The number of amides is 2. The van der Waals surface area contributed by atoms with Crippen molar-refractivity contribution in [3.8, 4) is 0 Å². The van der Waals surface area contributed by atoms with Gasteiger partial charge in [-0.25, -0.2) is 4.79 Å². The molecular weight excluding hydrogens is 290 g/mol. The fourth-order valence-corrected chi connectivity index (χ4v) is 2.83. The first kappa shape index (κ1) is 17.5. The molecule has 0 radical (unpaired) electrons. The second-order valence-electron chi connectivity index (χ2n) is 6.37. The minimum absolute atomic E-state index is 0.204. The van der Waals surface area contributed by atoms with Crippen molar-refractivity contribution in [1.82, 2.24) is 10.2 Å². The lowest BCUT2D eigenvalue weighted by Gasteiger charge is -2.35. The molecule has 1 fully saturated rings. The molecule has 1 aromatic rings. The largest absolute Gasteiger partial charge is 0.373 e. The van der Waals surface area contributed by atoms with E-state index in [4.69, 9.17) is 4.74 Å². The van der Waals surface area contributed by atoms with Crippen LogP contribution in [0, 0.1) is 0 Å². The Morgan fingerprint density at radius 3 is 2.61 bits per heavy atom. The summed E-state index contributed by atoms with van der Waals surface area (Å²) in [5.41, 5.74) is 2.88. The minimum Gasteiger partial charge on any atom is -0.373 e. The highest BCUT2D eigenvalue weighted by molar-refractivity contribution is 5.90. The summed E-state index contributed by atoms with van der Waals surface area (Å²) in [5.74, 6) is 0. The Hall–Kier alpha value is -1.85. The van der Waals surface area contributed by atoms with Crippen LogP contribution in [0.4, 0.5) is 10.5 Å². The Labute approximate surface area is 138 Å². The van der Waals surface area contributed by atoms with Crippen LogP contribution in [0.15, 0.2) is 36.4 Å². The van der Waals surface area contributed by atoms with Crippen LogP contribution < -0.4 is 10.6 Å². The SMILES string of the molecule is C=C(C)CNC(=O)Nc1ccccc1CN1CC(C)OC(C)C1. The van der Waals surface area contributed by atoms with E-state index in [1.807, 2.05) is 25.1 Å². The molecular formula is C18H27N3O2. The van der Waals surface area contributed by atoms with E-state index < -0.39 is 0 Å². The number of urea groups is 1. The van der Waals surface area contributed by atoms with Crippen LogP contribution in [-0.2, 0) is 11.3 Å². The van der Waals surface area contributed by atoms with Crippen LogP contribution >= 0.6 is 0 Å². The van der Waals surface area contributed by atoms with Crippen LogP contribution in [0.25, 0.3) is 0 Å². The first-order valence-electron chi connectivity index (χ1n) is 8.09. The summed E-state index contributed by atoms with van der Waals surface area (Å²) in [4.78, 5) is 14.3. The second kappa shape index (κ2) is 8.13. The van der Waals surface area contributed by atoms with E-state index in [1.54, 1.807) is 0 Å². The number of morpholine rings is 1. The van der Waals surface area contributed by atoms with Crippen LogP contribution in [0.1, 0.15) is 26.3 Å².